The minimum Gasteiger partial charge on any atom is -0.463 e. The number of carbonyl (C=O) groups is 2. The number of hydrogen-bond donors (Lipinski definition) is 2. The lowest BCUT2D eigenvalue weighted by atomic mass is 9.93. The van der Waals surface area contributed by atoms with Gasteiger partial charge in [0.1, 0.15) is 0 Å². The number of hydrogen-bond acceptors (Lipinski definition) is 4. The average molecular weight is 436 g/mol. The van der Waals surface area contributed by atoms with Crippen LogP contribution in [0.15, 0.2) is 42.5 Å². The summed E-state index contributed by atoms with van der Waals surface area (Å²) in [5.74, 6) is -2.42. The van der Waals surface area contributed by atoms with Crippen molar-refractivity contribution in [2.45, 2.75) is 18.7 Å². The van der Waals surface area contributed by atoms with E-state index in [1.165, 1.54) is 25.1 Å². The maximum Gasteiger partial charge on any atom is 0.432 e. The van der Waals surface area contributed by atoms with Gasteiger partial charge in [0.2, 0.25) is 0 Å². The Kier molecular flexibility index (Phi) is 6.59. The second-order valence-corrected chi connectivity index (χ2v) is 6.40. The lowest BCUT2D eigenvalue weighted by Crippen LogP contribution is -2.50. The molecule has 0 saturated carbocycles. The third-order valence-corrected chi connectivity index (χ3v) is 4.46. The summed E-state index contributed by atoms with van der Waals surface area (Å²) in [5, 5.41) is 12.9. The molecular formula is C18H14Cl2F3NO4. The van der Waals surface area contributed by atoms with Gasteiger partial charge in [-0.1, -0.05) is 35.3 Å². The normalized spacial score (nSPS) is 13.5. The summed E-state index contributed by atoms with van der Waals surface area (Å²) in [6, 6.07) is 8.13. The second-order valence-electron chi connectivity index (χ2n) is 5.59. The number of rotatable bonds is 5. The highest BCUT2D eigenvalue weighted by molar-refractivity contribution is 6.42. The van der Waals surface area contributed by atoms with Gasteiger partial charge in [-0.3, -0.25) is 4.79 Å². The van der Waals surface area contributed by atoms with Crippen molar-refractivity contribution in [3.05, 3.63) is 63.6 Å². The van der Waals surface area contributed by atoms with Crippen LogP contribution in [-0.4, -0.2) is 29.8 Å². The molecule has 0 aliphatic rings. The van der Waals surface area contributed by atoms with Crippen molar-refractivity contribution in [1.82, 2.24) is 0 Å². The molecule has 0 unspecified atom stereocenters. The van der Waals surface area contributed by atoms with Gasteiger partial charge in [0.15, 0.2) is 0 Å². The van der Waals surface area contributed by atoms with E-state index in [4.69, 9.17) is 23.2 Å². The number of ether oxygens (including phenoxy) is 1. The van der Waals surface area contributed by atoms with Crippen LogP contribution < -0.4 is 5.32 Å². The van der Waals surface area contributed by atoms with Gasteiger partial charge < -0.3 is 15.2 Å². The van der Waals surface area contributed by atoms with Crippen molar-refractivity contribution >= 4 is 40.8 Å². The van der Waals surface area contributed by atoms with E-state index in [1.807, 2.05) is 0 Å². The highest BCUT2D eigenvalue weighted by atomic mass is 35.5. The molecule has 10 heteroatoms. The van der Waals surface area contributed by atoms with Gasteiger partial charge in [0.25, 0.3) is 11.5 Å². The molecule has 0 fully saturated rings. The molecule has 0 aliphatic carbocycles. The molecule has 0 heterocycles. The third-order valence-electron chi connectivity index (χ3n) is 3.72. The number of halogens is 5. The van der Waals surface area contributed by atoms with Crippen LogP contribution in [0.2, 0.25) is 10.0 Å². The van der Waals surface area contributed by atoms with Gasteiger partial charge in [-0.15, -0.1) is 0 Å². The van der Waals surface area contributed by atoms with E-state index in [-0.39, 0.29) is 27.9 Å². The predicted octanol–water partition coefficient (Wildman–Crippen LogP) is 4.56. The molecule has 2 rings (SSSR count). The topological polar surface area (TPSA) is 75.6 Å². The zero-order valence-corrected chi connectivity index (χ0v) is 15.8. The Hall–Kier alpha value is -2.29. The van der Waals surface area contributed by atoms with Crippen molar-refractivity contribution in [1.29, 1.82) is 0 Å². The Bertz CT molecular complexity index is 887. The molecule has 2 aromatic rings. The summed E-state index contributed by atoms with van der Waals surface area (Å²) in [6.45, 7) is 0.978. The van der Waals surface area contributed by atoms with Gasteiger partial charge in [0, 0.05) is 16.8 Å². The van der Waals surface area contributed by atoms with Gasteiger partial charge in [-0.25, -0.2) is 4.79 Å². The number of esters is 1. The number of aliphatic hydroxyl groups is 1. The minimum absolute atomic E-state index is 0.133. The summed E-state index contributed by atoms with van der Waals surface area (Å²) < 4.78 is 44.3. The van der Waals surface area contributed by atoms with Gasteiger partial charge in [-0.2, -0.15) is 13.2 Å². The molecule has 150 valence electrons. The zero-order chi connectivity index (χ0) is 21.1. The van der Waals surface area contributed by atoms with Crippen LogP contribution >= 0.6 is 23.2 Å². The maximum absolute atomic E-state index is 13.3. The number of nitrogens with one attached hydrogen (secondary N) is 1. The van der Waals surface area contributed by atoms with Crippen LogP contribution in [0.5, 0.6) is 0 Å². The standard InChI is InChI=1S/C18H14Cl2F3NO4/c1-2-28-16(26)17(27,18(21,22)23)11-4-6-12(7-5-11)24-15(25)10-3-8-13(19)14(20)9-10/h3-9,27H,2H2,1H3,(H,24,25)/t17-/m1/s1. The zero-order valence-electron chi connectivity index (χ0n) is 14.3. The minimum atomic E-state index is -5.30. The van der Waals surface area contributed by atoms with Crippen LogP contribution in [0.1, 0.15) is 22.8 Å². The number of carbonyl (C=O) groups excluding carboxylic acids is 2. The molecule has 2 aromatic carbocycles. The van der Waals surface area contributed by atoms with E-state index in [2.05, 4.69) is 10.1 Å². The molecule has 28 heavy (non-hydrogen) atoms. The Morgan fingerprint density at radius 3 is 2.18 bits per heavy atom. The van der Waals surface area contributed by atoms with Crippen LogP contribution in [0.3, 0.4) is 0 Å². The van der Waals surface area contributed by atoms with E-state index in [0.717, 1.165) is 24.3 Å². The number of benzene rings is 2. The quantitative estimate of drug-likeness (QED) is 0.675. The van der Waals surface area contributed by atoms with Crippen LogP contribution in [0.25, 0.3) is 0 Å². The van der Waals surface area contributed by atoms with Crippen molar-refractivity contribution in [3.8, 4) is 0 Å². The largest absolute Gasteiger partial charge is 0.463 e. The van der Waals surface area contributed by atoms with E-state index in [9.17, 15) is 27.9 Å². The third kappa shape index (κ3) is 4.40. The molecule has 0 radical (unpaired) electrons. The highest BCUT2D eigenvalue weighted by Crippen LogP contribution is 2.40. The monoisotopic (exact) mass is 435 g/mol. The molecule has 1 atom stereocenters. The Balaban J connectivity index is 2.27. The van der Waals surface area contributed by atoms with E-state index in [0.29, 0.717) is 0 Å². The summed E-state index contributed by atoms with van der Waals surface area (Å²) in [5.41, 5.74) is -4.26. The first-order valence-electron chi connectivity index (χ1n) is 7.84. The molecule has 2 N–H and O–H groups in total. The highest BCUT2D eigenvalue weighted by Gasteiger charge is 2.62. The van der Waals surface area contributed by atoms with Crippen molar-refractivity contribution in [2.75, 3.05) is 11.9 Å². The molecule has 0 aromatic heterocycles. The lowest BCUT2D eigenvalue weighted by molar-refractivity contribution is -0.267. The molecule has 0 saturated heterocycles. The second kappa shape index (κ2) is 8.38. The molecular weight excluding hydrogens is 422 g/mol. The molecule has 0 bridgehead atoms. The van der Waals surface area contributed by atoms with E-state index in [1.54, 1.807) is 0 Å². The van der Waals surface area contributed by atoms with Crippen LogP contribution in [0.4, 0.5) is 18.9 Å². The Labute approximate surface area is 168 Å². The number of amides is 1. The molecule has 1 amide bonds. The fourth-order valence-electron chi connectivity index (χ4n) is 2.27. The first-order valence-corrected chi connectivity index (χ1v) is 8.59. The number of alkyl halides is 3. The first-order chi connectivity index (χ1) is 13.0. The molecule has 0 aliphatic heterocycles. The average Bonchev–Trinajstić information content (AvgIpc) is 2.63. The Morgan fingerprint density at radius 1 is 1.07 bits per heavy atom. The maximum atomic E-state index is 13.3. The van der Waals surface area contributed by atoms with E-state index >= 15 is 0 Å². The summed E-state index contributed by atoms with van der Waals surface area (Å²) in [6.07, 6.45) is -5.30. The van der Waals surface area contributed by atoms with Gasteiger partial charge in [0.05, 0.1) is 16.7 Å². The SMILES string of the molecule is CCOC(=O)[C@](O)(c1ccc(NC(=O)c2ccc(Cl)c(Cl)c2)cc1)C(F)(F)F. The fourth-order valence-corrected chi connectivity index (χ4v) is 2.57. The van der Waals surface area contributed by atoms with Crippen molar-refractivity contribution in [3.63, 3.8) is 0 Å². The van der Waals surface area contributed by atoms with Crippen LogP contribution in [0, 0.1) is 0 Å². The van der Waals surface area contributed by atoms with Gasteiger partial charge in [-0.05, 0) is 37.3 Å². The Morgan fingerprint density at radius 2 is 1.68 bits per heavy atom. The van der Waals surface area contributed by atoms with Crippen molar-refractivity contribution in [2.24, 2.45) is 0 Å². The predicted molar refractivity (Wildman–Crippen MR) is 97.4 cm³/mol. The van der Waals surface area contributed by atoms with Gasteiger partial charge >= 0.3 is 12.1 Å². The summed E-state index contributed by atoms with van der Waals surface area (Å²) in [4.78, 5) is 23.9. The van der Waals surface area contributed by atoms with Crippen molar-refractivity contribution < 1.29 is 32.6 Å². The van der Waals surface area contributed by atoms with Crippen LogP contribution in [-0.2, 0) is 15.1 Å². The molecule has 5 nitrogen and oxygen atoms in total. The summed E-state index contributed by atoms with van der Waals surface area (Å²) in [7, 11) is 0. The van der Waals surface area contributed by atoms with E-state index < -0.39 is 29.2 Å². The fraction of sp³-hybridized carbons (Fsp3) is 0.222. The number of anilines is 1. The smallest absolute Gasteiger partial charge is 0.432 e. The lowest BCUT2D eigenvalue weighted by Gasteiger charge is -2.28. The first kappa shape index (κ1) is 22.0. The summed E-state index contributed by atoms with van der Waals surface area (Å²) >= 11 is 11.6. The molecule has 0 spiro atoms.